The van der Waals surface area contributed by atoms with Gasteiger partial charge in [0.25, 0.3) is 17.4 Å². The van der Waals surface area contributed by atoms with E-state index in [4.69, 9.17) is 14.5 Å². The van der Waals surface area contributed by atoms with Crippen molar-refractivity contribution in [2.24, 2.45) is 0 Å². The Bertz CT molecular complexity index is 1520. The van der Waals surface area contributed by atoms with E-state index in [1.54, 1.807) is 41.0 Å². The van der Waals surface area contributed by atoms with Crippen molar-refractivity contribution in [1.29, 1.82) is 0 Å². The molecule has 0 N–H and O–H groups in total. The Balaban J connectivity index is 1.29. The highest BCUT2D eigenvalue weighted by Crippen LogP contribution is 2.32. The molecule has 3 heterocycles. The summed E-state index contributed by atoms with van der Waals surface area (Å²) in [6.45, 7) is 0.740. The molecule has 8 nitrogen and oxygen atoms in total. The largest absolute Gasteiger partial charge is 0.454 e. The molecule has 3 aromatic carbocycles. The van der Waals surface area contributed by atoms with Gasteiger partial charge in [0.1, 0.15) is 5.82 Å². The number of imide groups is 1. The van der Waals surface area contributed by atoms with E-state index in [0.29, 0.717) is 52.3 Å². The summed E-state index contributed by atoms with van der Waals surface area (Å²) in [5.74, 6) is 1.30. The number of aryl methyl sites for hydroxylation is 1. The molecule has 1 aromatic heterocycles. The fourth-order valence-electron chi connectivity index (χ4n) is 4.63. The van der Waals surface area contributed by atoms with Crippen LogP contribution >= 0.6 is 0 Å². The number of fused-ring (bicyclic) bond motifs is 3. The molecule has 0 saturated carbocycles. The SMILES string of the molecule is O=C1c2ccccc2C(=O)N1CCc1nc2ccccc2c(=O)n1CCc1ccc2c(c1)OCO2. The second-order valence-electron chi connectivity index (χ2n) is 8.50. The Morgan fingerprint density at radius 2 is 1.49 bits per heavy atom. The highest BCUT2D eigenvalue weighted by Gasteiger charge is 2.34. The summed E-state index contributed by atoms with van der Waals surface area (Å²) in [7, 11) is 0. The van der Waals surface area contributed by atoms with Crippen LogP contribution in [-0.2, 0) is 19.4 Å². The maximum absolute atomic E-state index is 13.4. The number of carbonyl (C=O) groups excluding carboxylic acids is 2. The summed E-state index contributed by atoms with van der Waals surface area (Å²) in [4.78, 5) is 44.9. The van der Waals surface area contributed by atoms with Crippen LogP contribution in [-0.4, -0.2) is 39.6 Å². The van der Waals surface area contributed by atoms with Crippen LogP contribution in [0.4, 0.5) is 0 Å². The summed E-state index contributed by atoms with van der Waals surface area (Å²) >= 11 is 0. The van der Waals surface area contributed by atoms with Gasteiger partial charge in [-0.2, -0.15) is 0 Å². The van der Waals surface area contributed by atoms with Gasteiger partial charge >= 0.3 is 0 Å². The fraction of sp³-hybridized carbons (Fsp3) is 0.185. The molecular weight excluding hydrogens is 446 g/mol. The first-order valence-electron chi connectivity index (χ1n) is 11.4. The van der Waals surface area contributed by atoms with Crippen molar-refractivity contribution in [3.8, 4) is 11.5 Å². The van der Waals surface area contributed by atoms with E-state index in [1.807, 2.05) is 30.3 Å². The monoisotopic (exact) mass is 467 g/mol. The van der Waals surface area contributed by atoms with Crippen LogP contribution in [0.5, 0.6) is 11.5 Å². The van der Waals surface area contributed by atoms with E-state index in [9.17, 15) is 14.4 Å². The molecule has 6 rings (SSSR count). The molecule has 0 fully saturated rings. The lowest BCUT2D eigenvalue weighted by Crippen LogP contribution is -2.34. The molecular formula is C27H21N3O5. The van der Waals surface area contributed by atoms with Gasteiger partial charge < -0.3 is 9.47 Å². The highest BCUT2D eigenvalue weighted by molar-refractivity contribution is 6.21. The second-order valence-corrected chi connectivity index (χ2v) is 8.50. The number of amides is 2. The summed E-state index contributed by atoms with van der Waals surface area (Å²) < 4.78 is 12.5. The molecule has 0 radical (unpaired) electrons. The van der Waals surface area contributed by atoms with Gasteiger partial charge in [-0.05, 0) is 48.4 Å². The quantitative estimate of drug-likeness (QED) is 0.405. The number of aromatic nitrogens is 2. The van der Waals surface area contributed by atoms with Crippen LogP contribution < -0.4 is 15.0 Å². The number of para-hydroxylation sites is 1. The Morgan fingerprint density at radius 3 is 2.29 bits per heavy atom. The highest BCUT2D eigenvalue weighted by atomic mass is 16.7. The van der Waals surface area contributed by atoms with Crippen molar-refractivity contribution in [2.45, 2.75) is 19.4 Å². The average molecular weight is 467 g/mol. The zero-order chi connectivity index (χ0) is 23.9. The van der Waals surface area contributed by atoms with Gasteiger partial charge in [-0.3, -0.25) is 23.9 Å². The molecule has 8 heteroatoms. The second kappa shape index (κ2) is 8.39. The first kappa shape index (κ1) is 21.1. The van der Waals surface area contributed by atoms with Gasteiger partial charge in [-0.25, -0.2) is 4.98 Å². The lowest BCUT2D eigenvalue weighted by atomic mass is 10.1. The van der Waals surface area contributed by atoms with Crippen molar-refractivity contribution < 1.29 is 19.1 Å². The van der Waals surface area contributed by atoms with Crippen molar-refractivity contribution in [3.63, 3.8) is 0 Å². The third kappa shape index (κ3) is 3.63. The summed E-state index contributed by atoms with van der Waals surface area (Å²) in [6.07, 6.45) is 0.850. The lowest BCUT2D eigenvalue weighted by molar-refractivity contribution is 0.0655. The van der Waals surface area contributed by atoms with Gasteiger partial charge in [0.15, 0.2) is 11.5 Å². The molecule has 0 aliphatic carbocycles. The Morgan fingerprint density at radius 1 is 0.771 bits per heavy atom. The number of hydrogen-bond donors (Lipinski definition) is 0. The topological polar surface area (TPSA) is 90.7 Å². The number of nitrogens with zero attached hydrogens (tertiary/aromatic N) is 3. The van der Waals surface area contributed by atoms with Gasteiger partial charge in [0, 0.05) is 19.5 Å². The average Bonchev–Trinajstić information content (AvgIpc) is 3.45. The molecule has 0 spiro atoms. The molecule has 4 aromatic rings. The Hall–Kier alpha value is -4.46. The Labute approximate surface area is 200 Å². The minimum Gasteiger partial charge on any atom is -0.454 e. The van der Waals surface area contributed by atoms with E-state index in [0.717, 1.165) is 5.56 Å². The molecule has 2 aliphatic heterocycles. The minimum atomic E-state index is -0.319. The number of benzene rings is 3. The normalized spacial score (nSPS) is 14.1. The molecule has 2 aliphatic rings. The summed E-state index contributed by atoms with van der Waals surface area (Å²) in [5.41, 5.74) is 2.26. The van der Waals surface area contributed by atoms with Crippen LogP contribution in [0.2, 0.25) is 0 Å². The van der Waals surface area contributed by atoms with Crippen molar-refractivity contribution in [2.75, 3.05) is 13.3 Å². The maximum atomic E-state index is 13.4. The predicted molar refractivity (Wildman–Crippen MR) is 128 cm³/mol. The molecule has 0 bridgehead atoms. The smallest absolute Gasteiger partial charge is 0.261 e. The first-order valence-corrected chi connectivity index (χ1v) is 11.4. The lowest BCUT2D eigenvalue weighted by Gasteiger charge is -2.17. The summed E-state index contributed by atoms with van der Waals surface area (Å²) in [5, 5.41) is 0.530. The van der Waals surface area contributed by atoms with E-state index in [2.05, 4.69) is 0 Å². The number of rotatable bonds is 6. The molecule has 2 amide bonds. The Kier molecular flexibility index (Phi) is 5.06. The van der Waals surface area contributed by atoms with Gasteiger partial charge in [-0.1, -0.05) is 30.3 Å². The van der Waals surface area contributed by atoms with Gasteiger partial charge in [-0.15, -0.1) is 0 Å². The van der Waals surface area contributed by atoms with Crippen molar-refractivity contribution in [3.05, 3.63) is 99.6 Å². The summed E-state index contributed by atoms with van der Waals surface area (Å²) in [6, 6.07) is 19.7. The predicted octanol–water partition coefficient (Wildman–Crippen LogP) is 3.21. The molecule has 0 atom stereocenters. The third-order valence-corrected chi connectivity index (χ3v) is 6.44. The molecule has 0 saturated heterocycles. The maximum Gasteiger partial charge on any atom is 0.261 e. The van der Waals surface area contributed by atoms with Gasteiger partial charge in [0.05, 0.1) is 22.0 Å². The zero-order valence-corrected chi connectivity index (χ0v) is 18.8. The molecule has 174 valence electrons. The molecule has 35 heavy (non-hydrogen) atoms. The standard InChI is InChI=1S/C27H21N3O5/c31-25-18-5-1-2-6-19(18)26(32)30(25)14-12-24-28-21-8-4-3-7-20(21)27(33)29(24)13-11-17-9-10-22-23(15-17)35-16-34-22/h1-10,15H,11-14,16H2. The molecule has 0 unspecified atom stereocenters. The van der Waals surface area contributed by atoms with Gasteiger partial charge in [0.2, 0.25) is 6.79 Å². The van der Waals surface area contributed by atoms with E-state index in [1.165, 1.54) is 4.90 Å². The van der Waals surface area contributed by atoms with Crippen LogP contribution in [0.1, 0.15) is 32.1 Å². The van der Waals surface area contributed by atoms with Crippen LogP contribution in [0.25, 0.3) is 10.9 Å². The fourth-order valence-corrected chi connectivity index (χ4v) is 4.63. The first-order chi connectivity index (χ1) is 17.1. The zero-order valence-electron chi connectivity index (χ0n) is 18.8. The van der Waals surface area contributed by atoms with Crippen LogP contribution in [0.3, 0.4) is 0 Å². The van der Waals surface area contributed by atoms with E-state index in [-0.39, 0.29) is 37.1 Å². The van der Waals surface area contributed by atoms with E-state index >= 15 is 0 Å². The minimum absolute atomic E-state index is 0.140. The van der Waals surface area contributed by atoms with E-state index < -0.39 is 0 Å². The van der Waals surface area contributed by atoms with Crippen LogP contribution in [0, 0.1) is 0 Å². The number of carbonyl (C=O) groups is 2. The van der Waals surface area contributed by atoms with Crippen molar-refractivity contribution in [1.82, 2.24) is 14.5 Å². The van der Waals surface area contributed by atoms with Crippen molar-refractivity contribution >= 4 is 22.7 Å². The third-order valence-electron chi connectivity index (χ3n) is 6.44. The number of ether oxygens (including phenoxy) is 2. The van der Waals surface area contributed by atoms with Crippen LogP contribution in [0.15, 0.2) is 71.5 Å². The number of hydrogen-bond acceptors (Lipinski definition) is 6.